The minimum Gasteiger partial charge on any atom is -0.464 e. The molecule has 0 atom stereocenters. The first-order valence-corrected chi connectivity index (χ1v) is 6.78. The number of rotatable bonds is 5. The van der Waals surface area contributed by atoms with Gasteiger partial charge in [0.1, 0.15) is 6.61 Å². The van der Waals surface area contributed by atoms with Crippen molar-refractivity contribution in [3.8, 4) is 0 Å². The fourth-order valence-corrected chi connectivity index (χ4v) is 1.98. The largest absolute Gasteiger partial charge is 0.464 e. The Labute approximate surface area is 120 Å². The highest BCUT2D eigenvalue weighted by atomic mass is 32.2. The van der Waals surface area contributed by atoms with Crippen LogP contribution in [0, 0.1) is 0 Å². The predicted molar refractivity (Wildman–Crippen MR) is 74.6 cm³/mol. The Morgan fingerprint density at radius 2 is 2.00 bits per heavy atom. The number of benzene rings is 1. The zero-order valence-corrected chi connectivity index (χ0v) is 11.8. The number of nitrogens with zero attached hydrogens (tertiary/aromatic N) is 1. The molecule has 0 aliphatic rings. The summed E-state index contributed by atoms with van der Waals surface area (Å²) in [6.07, 6.45) is 0.105. The zero-order valence-electron chi connectivity index (χ0n) is 10.9. The van der Waals surface area contributed by atoms with E-state index in [0.717, 1.165) is 17.3 Å². The van der Waals surface area contributed by atoms with Crippen LogP contribution in [0.2, 0.25) is 0 Å². The summed E-state index contributed by atoms with van der Waals surface area (Å²) in [5, 5.41) is 11.2. The van der Waals surface area contributed by atoms with Crippen molar-refractivity contribution in [2.45, 2.75) is 13.0 Å². The third kappa shape index (κ3) is 5.75. The predicted octanol–water partition coefficient (Wildman–Crippen LogP) is 1.81. The molecule has 0 aliphatic carbocycles. The van der Waals surface area contributed by atoms with Gasteiger partial charge < -0.3 is 14.7 Å². The highest BCUT2D eigenvalue weighted by molar-refractivity contribution is 8.15. The minimum absolute atomic E-state index is 0.105. The molecular formula is C13H15NO5S. The van der Waals surface area contributed by atoms with Crippen LogP contribution in [0.5, 0.6) is 0 Å². The van der Waals surface area contributed by atoms with Crippen LogP contribution in [0.4, 0.5) is 0 Å². The highest BCUT2D eigenvalue weighted by Crippen LogP contribution is 2.09. The number of ether oxygens (including phenoxy) is 2. The fourth-order valence-electron chi connectivity index (χ4n) is 1.26. The van der Waals surface area contributed by atoms with Gasteiger partial charge in [0.05, 0.1) is 13.5 Å². The summed E-state index contributed by atoms with van der Waals surface area (Å²) in [5.74, 6) is -0.860. The van der Waals surface area contributed by atoms with E-state index in [9.17, 15) is 9.59 Å². The van der Waals surface area contributed by atoms with Crippen LogP contribution in [-0.2, 0) is 25.7 Å². The van der Waals surface area contributed by atoms with E-state index in [1.807, 2.05) is 30.3 Å². The number of carbonyl (C=O) groups is 2. The van der Waals surface area contributed by atoms with E-state index in [0.29, 0.717) is 0 Å². The summed E-state index contributed by atoms with van der Waals surface area (Å²) in [6, 6.07) is 9.31. The average molecular weight is 297 g/mol. The molecule has 0 heterocycles. The van der Waals surface area contributed by atoms with Gasteiger partial charge in [0.2, 0.25) is 5.04 Å². The molecule has 0 radical (unpaired) electrons. The molecule has 0 fully saturated rings. The van der Waals surface area contributed by atoms with E-state index in [2.05, 4.69) is 9.89 Å². The third-order valence-electron chi connectivity index (χ3n) is 2.24. The van der Waals surface area contributed by atoms with Crippen LogP contribution in [0.25, 0.3) is 0 Å². The summed E-state index contributed by atoms with van der Waals surface area (Å²) < 4.78 is 9.46. The van der Waals surface area contributed by atoms with Crippen molar-refractivity contribution in [3.05, 3.63) is 35.9 Å². The Hall–Kier alpha value is -2.02. The van der Waals surface area contributed by atoms with Gasteiger partial charge in [-0.2, -0.15) is 0 Å². The molecule has 7 heteroatoms. The lowest BCUT2D eigenvalue weighted by molar-refractivity contribution is -0.144. The van der Waals surface area contributed by atoms with Gasteiger partial charge in [-0.1, -0.05) is 47.2 Å². The summed E-state index contributed by atoms with van der Waals surface area (Å²) in [6.45, 7) is 0.211. The van der Waals surface area contributed by atoms with Crippen molar-refractivity contribution >= 4 is 28.7 Å². The lowest BCUT2D eigenvalue weighted by atomic mass is 10.2. The number of methoxy groups -OCH3 is 1. The van der Waals surface area contributed by atoms with Crippen LogP contribution in [0.15, 0.2) is 35.5 Å². The molecule has 20 heavy (non-hydrogen) atoms. The molecule has 0 aromatic heterocycles. The van der Waals surface area contributed by atoms with Gasteiger partial charge in [-0.05, 0) is 5.56 Å². The first-order chi connectivity index (χ1) is 9.67. The fraction of sp³-hybridized carbons (Fsp3) is 0.308. The molecule has 0 bridgehead atoms. The van der Waals surface area contributed by atoms with Crippen molar-refractivity contribution < 1.29 is 24.3 Å². The lowest BCUT2D eigenvalue weighted by Crippen LogP contribution is -2.14. The van der Waals surface area contributed by atoms with Crippen molar-refractivity contribution in [1.82, 2.24) is 0 Å². The van der Waals surface area contributed by atoms with Crippen molar-refractivity contribution in [2.24, 2.45) is 5.16 Å². The molecule has 1 N–H and O–H groups in total. The van der Waals surface area contributed by atoms with E-state index in [1.54, 1.807) is 0 Å². The van der Waals surface area contributed by atoms with Crippen LogP contribution < -0.4 is 0 Å². The number of hydrogen-bond acceptors (Lipinski definition) is 7. The van der Waals surface area contributed by atoms with Crippen LogP contribution in [0.3, 0.4) is 0 Å². The second kappa shape index (κ2) is 8.98. The quantitative estimate of drug-likeness (QED) is 0.293. The van der Waals surface area contributed by atoms with E-state index < -0.39 is 5.97 Å². The normalized spacial score (nSPS) is 10.9. The molecule has 1 aromatic carbocycles. The van der Waals surface area contributed by atoms with Crippen molar-refractivity contribution in [1.29, 1.82) is 0 Å². The SMILES string of the molecule is COC(=O)/C(=N/O)SCCC(=O)OCc1ccccc1. The highest BCUT2D eigenvalue weighted by Gasteiger charge is 2.14. The molecule has 0 saturated carbocycles. The van der Waals surface area contributed by atoms with E-state index in [-0.39, 0.29) is 29.8 Å². The number of thioether (sulfide) groups is 1. The van der Waals surface area contributed by atoms with E-state index >= 15 is 0 Å². The first kappa shape index (κ1) is 16.0. The summed E-state index contributed by atoms with van der Waals surface area (Å²) >= 11 is 0.929. The molecule has 0 unspecified atom stereocenters. The molecular weight excluding hydrogens is 282 g/mol. The van der Waals surface area contributed by atoms with Gasteiger partial charge >= 0.3 is 11.9 Å². The van der Waals surface area contributed by atoms with Gasteiger partial charge in [-0.15, -0.1) is 0 Å². The van der Waals surface area contributed by atoms with Crippen LogP contribution in [-0.4, -0.2) is 35.1 Å². The Kier molecular flexibility index (Phi) is 7.20. The van der Waals surface area contributed by atoms with Gasteiger partial charge in [0.15, 0.2) is 0 Å². The van der Waals surface area contributed by atoms with Gasteiger partial charge in [0.25, 0.3) is 0 Å². The third-order valence-corrected chi connectivity index (χ3v) is 3.17. The van der Waals surface area contributed by atoms with Gasteiger partial charge in [-0.3, -0.25) is 4.79 Å². The van der Waals surface area contributed by atoms with Crippen LogP contribution >= 0.6 is 11.8 Å². The minimum atomic E-state index is -0.741. The second-order valence-corrected chi connectivity index (χ2v) is 4.73. The molecule has 0 spiro atoms. The van der Waals surface area contributed by atoms with Crippen molar-refractivity contribution in [3.63, 3.8) is 0 Å². The van der Waals surface area contributed by atoms with Crippen LogP contribution in [0.1, 0.15) is 12.0 Å². The number of hydrogen-bond donors (Lipinski definition) is 1. The molecule has 0 saturated heterocycles. The second-order valence-electron chi connectivity index (χ2n) is 3.64. The Balaban J connectivity index is 2.25. The molecule has 1 rings (SSSR count). The number of oxime groups is 1. The number of carbonyl (C=O) groups excluding carboxylic acids is 2. The summed E-state index contributed by atoms with van der Waals surface area (Å²) in [5.41, 5.74) is 0.903. The lowest BCUT2D eigenvalue weighted by Gasteiger charge is -2.05. The smallest absolute Gasteiger partial charge is 0.366 e. The molecule has 0 amide bonds. The van der Waals surface area contributed by atoms with Gasteiger partial charge in [0, 0.05) is 5.75 Å². The monoisotopic (exact) mass is 297 g/mol. The average Bonchev–Trinajstić information content (AvgIpc) is 2.50. The maximum Gasteiger partial charge on any atom is 0.366 e. The number of esters is 2. The topological polar surface area (TPSA) is 85.2 Å². The van der Waals surface area contributed by atoms with Gasteiger partial charge in [-0.25, -0.2) is 4.79 Å². The molecule has 1 aromatic rings. The molecule has 6 nitrogen and oxygen atoms in total. The maximum atomic E-state index is 11.5. The Morgan fingerprint density at radius 3 is 2.60 bits per heavy atom. The van der Waals surface area contributed by atoms with E-state index in [4.69, 9.17) is 9.94 Å². The summed E-state index contributed by atoms with van der Waals surface area (Å²) in [4.78, 5) is 22.6. The van der Waals surface area contributed by atoms with E-state index in [1.165, 1.54) is 7.11 Å². The molecule has 0 aliphatic heterocycles. The standard InChI is InChI=1S/C13H15NO5S/c1-18-13(16)12(14-17)20-8-7-11(15)19-9-10-5-3-2-4-6-10/h2-6,17H,7-9H2,1H3/b14-12-. The zero-order chi connectivity index (χ0) is 14.8. The maximum absolute atomic E-state index is 11.5. The molecule has 108 valence electrons. The first-order valence-electron chi connectivity index (χ1n) is 5.80. The Bertz CT molecular complexity index is 475. The summed E-state index contributed by atoms with van der Waals surface area (Å²) in [7, 11) is 1.18. The Morgan fingerprint density at radius 1 is 1.30 bits per heavy atom. The van der Waals surface area contributed by atoms with Crippen molar-refractivity contribution in [2.75, 3.05) is 12.9 Å².